The molecule has 0 saturated carbocycles. The monoisotopic (exact) mass is 511 g/mol. The molecule has 37 heavy (non-hydrogen) atoms. The van der Waals surface area contributed by atoms with Gasteiger partial charge in [0, 0.05) is 12.6 Å². The Morgan fingerprint density at radius 3 is 2.27 bits per heavy atom. The van der Waals surface area contributed by atoms with Gasteiger partial charge in [0.2, 0.25) is 0 Å². The fraction of sp³-hybridized carbons (Fsp3) is 0.533. The van der Waals surface area contributed by atoms with E-state index in [9.17, 15) is 9.59 Å². The predicted octanol–water partition coefficient (Wildman–Crippen LogP) is 5.90. The molecule has 202 valence electrons. The van der Waals surface area contributed by atoms with E-state index in [-0.39, 0.29) is 12.9 Å². The highest BCUT2D eigenvalue weighted by Crippen LogP contribution is 2.30. The number of carbonyl (C=O) groups excluding carboxylic acids is 2. The summed E-state index contributed by atoms with van der Waals surface area (Å²) in [6, 6.07) is 18.0. The van der Waals surface area contributed by atoms with Crippen molar-refractivity contribution in [3.63, 3.8) is 0 Å². The molecule has 3 rings (SSSR count). The molecule has 0 aromatic heterocycles. The SMILES string of the molecule is COC(=O)[C@](C)(COC1CCCCO1)C[C@@H](Cc1ccc(-c2ccccc2)cc1)NC(=O)OC(C)(C)C. The Kier molecular flexibility index (Phi) is 10.1. The Labute approximate surface area is 220 Å². The highest BCUT2D eigenvalue weighted by Gasteiger charge is 2.39. The van der Waals surface area contributed by atoms with E-state index in [4.69, 9.17) is 18.9 Å². The van der Waals surface area contributed by atoms with E-state index in [0.717, 1.165) is 36.0 Å². The first-order valence-corrected chi connectivity index (χ1v) is 13.0. The summed E-state index contributed by atoms with van der Waals surface area (Å²) in [5, 5.41) is 2.99. The zero-order valence-electron chi connectivity index (χ0n) is 22.8. The van der Waals surface area contributed by atoms with Crippen LogP contribution >= 0.6 is 0 Å². The van der Waals surface area contributed by atoms with Crippen LogP contribution in [0.2, 0.25) is 0 Å². The van der Waals surface area contributed by atoms with Crippen LogP contribution in [-0.4, -0.2) is 50.3 Å². The maximum Gasteiger partial charge on any atom is 0.407 e. The van der Waals surface area contributed by atoms with Crippen molar-refractivity contribution in [2.24, 2.45) is 5.41 Å². The lowest BCUT2D eigenvalue weighted by Gasteiger charge is -2.33. The molecule has 1 amide bonds. The lowest BCUT2D eigenvalue weighted by molar-refractivity contribution is -0.189. The molecule has 0 spiro atoms. The third-order valence-corrected chi connectivity index (χ3v) is 6.36. The maximum absolute atomic E-state index is 12.9. The molecule has 2 aromatic carbocycles. The Morgan fingerprint density at radius 1 is 1.00 bits per heavy atom. The van der Waals surface area contributed by atoms with Crippen molar-refractivity contribution in [1.82, 2.24) is 5.32 Å². The topological polar surface area (TPSA) is 83.1 Å². The summed E-state index contributed by atoms with van der Waals surface area (Å²) in [6.45, 7) is 8.05. The largest absolute Gasteiger partial charge is 0.469 e. The molecule has 1 N–H and O–H groups in total. The summed E-state index contributed by atoms with van der Waals surface area (Å²) in [4.78, 5) is 25.7. The van der Waals surface area contributed by atoms with Crippen LogP contribution in [0, 0.1) is 5.41 Å². The van der Waals surface area contributed by atoms with Crippen LogP contribution in [0.3, 0.4) is 0 Å². The van der Waals surface area contributed by atoms with Crippen molar-refractivity contribution >= 4 is 12.1 Å². The number of hydrogen-bond donors (Lipinski definition) is 1. The molecule has 1 saturated heterocycles. The number of hydrogen-bond acceptors (Lipinski definition) is 6. The Morgan fingerprint density at radius 2 is 1.68 bits per heavy atom. The normalized spacial score (nSPS) is 18.4. The second-order valence-corrected chi connectivity index (χ2v) is 11.0. The molecule has 1 unspecified atom stereocenters. The van der Waals surface area contributed by atoms with Gasteiger partial charge in [0.25, 0.3) is 0 Å². The lowest BCUT2D eigenvalue weighted by atomic mass is 9.82. The zero-order chi connectivity index (χ0) is 26.9. The molecule has 0 aliphatic carbocycles. The number of methoxy groups -OCH3 is 1. The minimum atomic E-state index is -0.987. The maximum atomic E-state index is 12.9. The second kappa shape index (κ2) is 13.1. The summed E-state index contributed by atoms with van der Waals surface area (Å²) in [5.74, 6) is -0.390. The van der Waals surface area contributed by atoms with Gasteiger partial charge < -0.3 is 24.3 Å². The first kappa shape index (κ1) is 28.7. The lowest BCUT2D eigenvalue weighted by Crippen LogP contribution is -2.46. The molecule has 7 nitrogen and oxygen atoms in total. The van der Waals surface area contributed by atoms with E-state index in [1.165, 1.54) is 7.11 Å². The van der Waals surface area contributed by atoms with E-state index >= 15 is 0 Å². The van der Waals surface area contributed by atoms with Gasteiger partial charge >= 0.3 is 12.1 Å². The number of nitrogens with one attached hydrogen (secondary N) is 1. The van der Waals surface area contributed by atoms with Gasteiger partial charge in [-0.3, -0.25) is 4.79 Å². The number of ether oxygens (including phenoxy) is 4. The fourth-order valence-electron chi connectivity index (χ4n) is 4.51. The Hall–Kier alpha value is -2.90. The second-order valence-electron chi connectivity index (χ2n) is 11.0. The molecule has 3 atom stereocenters. The molecule has 7 heteroatoms. The molecule has 0 radical (unpaired) electrons. The summed E-state index contributed by atoms with van der Waals surface area (Å²) in [7, 11) is 1.37. The van der Waals surface area contributed by atoms with Crippen molar-refractivity contribution < 1.29 is 28.5 Å². The Balaban J connectivity index is 1.77. The van der Waals surface area contributed by atoms with Crippen LogP contribution in [0.15, 0.2) is 54.6 Å². The fourth-order valence-corrected chi connectivity index (χ4v) is 4.51. The molecule has 2 aromatic rings. The molecule has 1 heterocycles. The van der Waals surface area contributed by atoms with E-state index in [1.54, 1.807) is 0 Å². The average molecular weight is 512 g/mol. The van der Waals surface area contributed by atoms with E-state index in [2.05, 4.69) is 29.6 Å². The van der Waals surface area contributed by atoms with Crippen LogP contribution in [0.25, 0.3) is 11.1 Å². The van der Waals surface area contributed by atoms with Gasteiger partial charge in [-0.2, -0.15) is 0 Å². The van der Waals surface area contributed by atoms with Crippen molar-refractivity contribution in [3.05, 3.63) is 60.2 Å². The summed E-state index contributed by atoms with van der Waals surface area (Å²) in [5.41, 5.74) is 1.65. The summed E-state index contributed by atoms with van der Waals surface area (Å²) < 4.78 is 22.4. The predicted molar refractivity (Wildman–Crippen MR) is 143 cm³/mol. The van der Waals surface area contributed by atoms with Gasteiger partial charge in [0.05, 0.1) is 19.1 Å². The number of amides is 1. The zero-order valence-corrected chi connectivity index (χ0v) is 22.8. The van der Waals surface area contributed by atoms with Crippen molar-refractivity contribution in [1.29, 1.82) is 0 Å². The number of alkyl carbamates (subject to hydrolysis) is 1. The smallest absolute Gasteiger partial charge is 0.407 e. The highest BCUT2D eigenvalue weighted by atomic mass is 16.7. The molecular formula is C30H41NO6. The first-order chi connectivity index (χ1) is 17.6. The minimum Gasteiger partial charge on any atom is -0.469 e. The van der Waals surface area contributed by atoms with Crippen LogP contribution in [0.4, 0.5) is 4.79 Å². The van der Waals surface area contributed by atoms with Gasteiger partial charge in [0.15, 0.2) is 6.29 Å². The molecule has 0 bridgehead atoms. The van der Waals surface area contributed by atoms with Crippen LogP contribution in [0.1, 0.15) is 58.9 Å². The molecular weight excluding hydrogens is 470 g/mol. The van der Waals surface area contributed by atoms with Gasteiger partial charge in [0.1, 0.15) is 5.60 Å². The van der Waals surface area contributed by atoms with E-state index in [0.29, 0.717) is 19.4 Å². The third-order valence-electron chi connectivity index (χ3n) is 6.36. The van der Waals surface area contributed by atoms with E-state index in [1.807, 2.05) is 58.0 Å². The molecule has 1 fully saturated rings. The van der Waals surface area contributed by atoms with E-state index < -0.39 is 29.1 Å². The standard InChI is InChI=1S/C30H41NO6/c1-29(2,3)37-28(33)31-25(19-22-14-16-24(17-15-22)23-11-7-6-8-12-23)20-30(4,27(32)34-5)21-36-26-13-9-10-18-35-26/h6-8,11-12,14-17,25-26H,9-10,13,18-21H2,1-5H3,(H,31,33)/t25-,26?,30+/m1/s1. The average Bonchev–Trinajstić information content (AvgIpc) is 2.87. The van der Waals surface area contributed by atoms with Crippen molar-refractivity contribution in [3.8, 4) is 11.1 Å². The number of esters is 1. The van der Waals surface area contributed by atoms with Gasteiger partial charge in [-0.15, -0.1) is 0 Å². The number of carbonyl (C=O) groups is 2. The first-order valence-electron chi connectivity index (χ1n) is 13.0. The van der Waals surface area contributed by atoms with Crippen LogP contribution in [-0.2, 0) is 30.2 Å². The summed E-state index contributed by atoms with van der Waals surface area (Å²) in [6.07, 6.45) is 2.81. The van der Waals surface area contributed by atoms with Gasteiger partial charge in [-0.1, -0.05) is 54.6 Å². The number of rotatable bonds is 10. The minimum absolute atomic E-state index is 0.129. The van der Waals surface area contributed by atoms with Gasteiger partial charge in [-0.05, 0) is 76.5 Å². The molecule has 1 aliphatic rings. The van der Waals surface area contributed by atoms with Gasteiger partial charge in [-0.25, -0.2) is 4.79 Å². The molecule has 1 aliphatic heterocycles. The van der Waals surface area contributed by atoms with Crippen LogP contribution < -0.4 is 5.32 Å². The van der Waals surface area contributed by atoms with Crippen molar-refractivity contribution in [2.45, 2.75) is 77.7 Å². The highest BCUT2D eigenvalue weighted by molar-refractivity contribution is 5.76. The third kappa shape index (κ3) is 9.17. The number of benzene rings is 2. The van der Waals surface area contributed by atoms with Crippen molar-refractivity contribution in [2.75, 3.05) is 20.3 Å². The summed E-state index contributed by atoms with van der Waals surface area (Å²) >= 11 is 0. The van der Waals surface area contributed by atoms with Crippen LogP contribution in [0.5, 0.6) is 0 Å². The Bertz CT molecular complexity index is 995. The quantitative estimate of drug-likeness (QED) is 0.400.